The Morgan fingerprint density at radius 3 is 2.38 bits per heavy atom. The van der Waals surface area contributed by atoms with Crippen molar-refractivity contribution in [2.75, 3.05) is 0 Å². The van der Waals surface area contributed by atoms with E-state index in [4.69, 9.17) is 0 Å². The fourth-order valence-electron chi connectivity index (χ4n) is 2.61. The van der Waals surface area contributed by atoms with Crippen molar-refractivity contribution in [2.24, 2.45) is 7.05 Å². The van der Waals surface area contributed by atoms with Crippen molar-refractivity contribution in [2.45, 2.75) is 40.5 Å². The minimum atomic E-state index is 0.547. The largest absolute Gasteiger partial charge is 0.268 e. The van der Waals surface area contributed by atoms with E-state index in [0.29, 0.717) is 5.92 Å². The van der Waals surface area contributed by atoms with Crippen LogP contribution < -0.4 is 0 Å². The van der Waals surface area contributed by atoms with E-state index in [1.54, 1.807) is 0 Å². The zero-order valence-electron chi connectivity index (χ0n) is 11.0. The van der Waals surface area contributed by atoms with Crippen LogP contribution in [0.25, 0.3) is 10.9 Å². The first-order valence-electron chi connectivity index (χ1n) is 5.87. The molecule has 0 aliphatic carbocycles. The number of hydrogen-bond donors (Lipinski definition) is 0. The molecule has 0 spiro atoms. The molecule has 0 unspecified atom stereocenters. The van der Waals surface area contributed by atoms with Gasteiger partial charge in [-0.25, -0.2) is 0 Å². The van der Waals surface area contributed by atoms with Crippen LogP contribution in [0.4, 0.5) is 0 Å². The standard InChI is InChI=1S/C14H20N2/c1-8(2)13-10(4)9(3)7-12-14(13)11(5)15-16(12)6/h7-8H,1-6H3. The Kier molecular flexibility index (Phi) is 2.53. The van der Waals surface area contributed by atoms with E-state index in [1.807, 2.05) is 11.7 Å². The third-order valence-electron chi connectivity index (χ3n) is 3.46. The fraction of sp³-hybridized carbons (Fsp3) is 0.500. The highest BCUT2D eigenvalue weighted by atomic mass is 15.3. The molecular formula is C14H20N2. The second kappa shape index (κ2) is 3.62. The van der Waals surface area contributed by atoms with Gasteiger partial charge >= 0.3 is 0 Å². The maximum atomic E-state index is 4.53. The molecule has 16 heavy (non-hydrogen) atoms. The lowest BCUT2D eigenvalue weighted by atomic mass is 9.90. The lowest BCUT2D eigenvalue weighted by Gasteiger charge is -2.14. The van der Waals surface area contributed by atoms with Crippen molar-refractivity contribution in [1.82, 2.24) is 9.78 Å². The quantitative estimate of drug-likeness (QED) is 0.712. The second-order valence-electron chi connectivity index (χ2n) is 4.99. The summed E-state index contributed by atoms with van der Waals surface area (Å²) in [6, 6.07) is 2.25. The molecule has 2 rings (SSSR count). The van der Waals surface area contributed by atoms with Crippen molar-refractivity contribution in [1.29, 1.82) is 0 Å². The summed E-state index contributed by atoms with van der Waals surface area (Å²) < 4.78 is 1.99. The number of hydrogen-bond acceptors (Lipinski definition) is 1. The molecule has 0 radical (unpaired) electrons. The highest BCUT2D eigenvalue weighted by Crippen LogP contribution is 2.32. The molecule has 2 heteroatoms. The Hall–Kier alpha value is -1.31. The van der Waals surface area contributed by atoms with Crippen LogP contribution in [-0.2, 0) is 7.05 Å². The lowest BCUT2D eigenvalue weighted by molar-refractivity contribution is 0.783. The van der Waals surface area contributed by atoms with Crippen LogP contribution in [0.3, 0.4) is 0 Å². The first kappa shape index (κ1) is 11.2. The Morgan fingerprint density at radius 1 is 1.19 bits per heavy atom. The SMILES string of the molecule is Cc1cc2c(c(C)nn2C)c(C(C)C)c1C. The average Bonchev–Trinajstić information content (AvgIpc) is 2.44. The van der Waals surface area contributed by atoms with Crippen LogP contribution >= 0.6 is 0 Å². The van der Waals surface area contributed by atoms with E-state index in [2.05, 4.69) is 45.8 Å². The van der Waals surface area contributed by atoms with Crippen molar-refractivity contribution in [3.8, 4) is 0 Å². The Bertz CT molecular complexity index is 548. The van der Waals surface area contributed by atoms with Gasteiger partial charge in [0, 0.05) is 12.4 Å². The summed E-state index contributed by atoms with van der Waals surface area (Å²) in [7, 11) is 2.02. The Balaban J connectivity index is 2.98. The van der Waals surface area contributed by atoms with Gasteiger partial charge in [-0.2, -0.15) is 5.10 Å². The van der Waals surface area contributed by atoms with Crippen LogP contribution in [0.2, 0.25) is 0 Å². The maximum Gasteiger partial charge on any atom is 0.0687 e. The smallest absolute Gasteiger partial charge is 0.0687 e. The summed E-state index contributed by atoms with van der Waals surface area (Å²) in [4.78, 5) is 0. The van der Waals surface area contributed by atoms with Gasteiger partial charge in [-0.05, 0) is 49.4 Å². The topological polar surface area (TPSA) is 17.8 Å². The Morgan fingerprint density at radius 2 is 1.81 bits per heavy atom. The fourth-order valence-corrected chi connectivity index (χ4v) is 2.61. The molecule has 2 aromatic rings. The summed E-state index contributed by atoms with van der Waals surface area (Å²) >= 11 is 0. The van der Waals surface area contributed by atoms with Crippen molar-refractivity contribution in [3.63, 3.8) is 0 Å². The van der Waals surface area contributed by atoms with Crippen molar-refractivity contribution in [3.05, 3.63) is 28.5 Å². The lowest BCUT2D eigenvalue weighted by Crippen LogP contribution is -1.97. The molecular weight excluding hydrogens is 196 g/mol. The predicted octanol–water partition coefficient (Wildman–Crippen LogP) is 3.62. The summed E-state index contributed by atoms with van der Waals surface area (Å²) in [5.74, 6) is 0.547. The summed E-state index contributed by atoms with van der Waals surface area (Å²) in [5, 5.41) is 5.88. The van der Waals surface area contributed by atoms with E-state index >= 15 is 0 Å². The van der Waals surface area contributed by atoms with Crippen LogP contribution in [0, 0.1) is 20.8 Å². The van der Waals surface area contributed by atoms with Gasteiger partial charge < -0.3 is 0 Å². The van der Waals surface area contributed by atoms with E-state index in [0.717, 1.165) is 5.69 Å². The number of benzene rings is 1. The van der Waals surface area contributed by atoms with Crippen LogP contribution in [-0.4, -0.2) is 9.78 Å². The highest BCUT2D eigenvalue weighted by molar-refractivity contribution is 5.88. The predicted molar refractivity (Wildman–Crippen MR) is 69.0 cm³/mol. The number of aryl methyl sites for hydroxylation is 3. The third kappa shape index (κ3) is 1.44. The third-order valence-corrected chi connectivity index (χ3v) is 3.46. The molecule has 0 atom stereocenters. The van der Waals surface area contributed by atoms with Gasteiger partial charge in [0.25, 0.3) is 0 Å². The molecule has 0 bridgehead atoms. The van der Waals surface area contributed by atoms with Gasteiger partial charge in [0.15, 0.2) is 0 Å². The second-order valence-corrected chi connectivity index (χ2v) is 4.99. The first-order chi connectivity index (χ1) is 7.43. The van der Waals surface area contributed by atoms with Gasteiger partial charge in [0.1, 0.15) is 0 Å². The monoisotopic (exact) mass is 216 g/mol. The molecule has 0 aliphatic rings. The molecule has 86 valence electrons. The summed E-state index contributed by atoms with van der Waals surface area (Å²) in [6.45, 7) is 11.0. The number of rotatable bonds is 1. The number of nitrogens with zero attached hydrogens (tertiary/aromatic N) is 2. The van der Waals surface area contributed by atoms with Crippen molar-refractivity contribution < 1.29 is 0 Å². The molecule has 0 amide bonds. The van der Waals surface area contributed by atoms with Crippen molar-refractivity contribution >= 4 is 10.9 Å². The van der Waals surface area contributed by atoms with E-state index in [9.17, 15) is 0 Å². The summed E-state index contributed by atoms with van der Waals surface area (Å²) in [5.41, 5.74) is 6.63. The van der Waals surface area contributed by atoms with Crippen LogP contribution in [0.5, 0.6) is 0 Å². The minimum Gasteiger partial charge on any atom is -0.268 e. The molecule has 1 heterocycles. The van der Waals surface area contributed by atoms with Gasteiger partial charge in [-0.15, -0.1) is 0 Å². The molecule has 0 N–H and O–H groups in total. The molecule has 0 saturated carbocycles. The molecule has 0 aliphatic heterocycles. The summed E-state index contributed by atoms with van der Waals surface area (Å²) in [6.07, 6.45) is 0. The molecule has 1 aromatic heterocycles. The molecule has 0 saturated heterocycles. The Labute approximate surface area is 97.3 Å². The van der Waals surface area contributed by atoms with Gasteiger partial charge in [-0.3, -0.25) is 4.68 Å². The average molecular weight is 216 g/mol. The molecule has 1 aromatic carbocycles. The number of fused-ring (bicyclic) bond motifs is 1. The van der Waals surface area contributed by atoms with Gasteiger partial charge in [-0.1, -0.05) is 13.8 Å². The first-order valence-corrected chi connectivity index (χ1v) is 5.87. The molecule has 2 nitrogen and oxygen atoms in total. The minimum absolute atomic E-state index is 0.547. The highest BCUT2D eigenvalue weighted by Gasteiger charge is 2.16. The van der Waals surface area contributed by atoms with E-state index in [1.165, 1.54) is 27.6 Å². The van der Waals surface area contributed by atoms with Crippen LogP contribution in [0.15, 0.2) is 6.07 Å². The normalized spacial score (nSPS) is 11.7. The molecule has 0 fully saturated rings. The maximum absolute atomic E-state index is 4.53. The zero-order chi connectivity index (χ0) is 12.0. The zero-order valence-corrected chi connectivity index (χ0v) is 11.0. The van der Waals surface area contributed by atoms with E-state index < -0.39 is 0 Å². The van der Waals surface area contributed by atoms with Gasteiger partial charge in [0.05, 0.1) is 11.2 Å². The number of aromatic nitrogens is 2. The van der Waals surface area contributed by atoms with Crippen LogP contribution in [0.1, 0.15) is 42.1 Å². The van der Waals surface area contributed by atoms with Gasteiger partial charge in [0.2, 0.25) is 0 Å². The van der Waals surface area contributed by atoms with E-state index in [-0.39, 0.29) is 0 Å².